The van der Waals surface area contributed by atoms with Crippen molar-refractivity contribution in [3.8, 4) is 11.5 Å². The first-order valence-corrected chi connectivity index (χ1v) is 10.0. The standard InChI is InChI=1S/C23H29N5O2.HI/c1-4-30-22-14-18(10-11-21(22)29-3)15-25-23(24-2)26-16-19-8-5-6-9-20(19)17-28-13-7-12-27-28;/h5-14H,4,15-17H2,1-3H3,(H2,24,25,26);1H. The number of halogens is 1. The highest BCUT2D eigenvalue weighted by atomic mass is 127. The number of rotatable bonds is 9. The van der Waals surface area contributed by atoms with Crippen molar-refractivity contribution in [2.75, 3.05) is 20.8 Å². The van der Waals surface area contributed by atoms with E-state index in [1.165, 1.54) is 11.1 Å². The van der Waals surface area contributed by atoms with E-state index in [9.17, 15) is 0 Å². The number of hydrogen-bond donors (Lipinski definition) is 2. The van der Waals surface area contributed by atoms with Gasteiger partial charge in [0.2, 0.25) is 0 Å². The molecule has 0 saturated carbocycles. The van der Waals surface area contributed by atoms with Gasteiger partial charge in [-0.15, -0.1) is 24.0 Å². The Hall–Kier alpha value is -2.75. The number of hydrogen-bond acceptors (Lipinski definition) is 4. The molecule has 8 heteroatoms. The van der Waals surface area contributed by atoms with Crippen LogP contribution in [0.25, 0.3) is 0 Å². The summed E-state index contributed by atoms with van der Waals surface area (Å²) in [6, 6.07) is 16.2. The molecule has 0 bridgehead atoms. The van der Waals surface area contributed by atoms with Gasteiger partial charge in [-0.05, 0) is 41.8 Å². The molecule has 166 valence electrons. The summed E-state index contributed by atoms with van der Waals surface area (Å²) in [6.07, 6.45) is 3.76. The molecule has 0 spiro atoms. The van der Waals surface area contributed by atoms with Crippen LogP contribution in [0.4, 0.5) is 0 Å². The maximum atomic E-state index is 5.66. The molecule has 2 N–H and O–H groups in total. The first-order chi connectivity index (χ1) is 14.7. The number of nitrogens with one attached hydrogen (secondary N) is 2. The highest BCUT2D eigenvalue weighted by Crippen LogP contribution is 2.27. The molecule has 0 radical (unpaired) electrons. The van der Waals surface area contributed by atoms with Crippen LogP contribution in [0.2, 0.25) is 0 Å². The summed E-state index contributed by atoms with van der Waals surface area (Å²) < 4.78 is 12.9. The molecule has 0 aliphatic rings. The van der Waals surface area contributed by atoms with Crippen molar-refractivity contribution in [1.82, 2.24) is 20.4 Å². The Bertz CT molecular complexity index is 960. The summed E-state index contributed by atoms with van der Waals surface area (Å²) in [4.78, 5) is 4.34. The summed E-state index contributed by atoms with van der Waals surface area (Å²) >= 11 is 0. The fraction of sp³-hybridized carbons (Fsp3) is 0.304. The van der Waals surface area contributed by atoms with Crippen molar-refractivity contribution in [2.24, 2.45) is 4.99 Å². The van der Waals surface area contributed by atoms with Gasteiger partial charge in [-0.1, -0.05) is 30.3 Å². The average Bonchev–Trinajstić information content (AvgIpc) is 3.28. The second-order valence-electron chi connectivity index (χ2n) is 6.67. The van der Waals surface area contributed by atoms with E-state index in [2.05, 4.69) is 38.9 Å². The molecular formula is C23H30IN5O2. The zero-order chi connectivity index (χ0) is 21.2. The van der Waals surface area contributed by atoms with Crippen LogP contribution in [0.5, 0.6) is 11.5 Å². The molecule has 2 aromatic carbocycles. The van der Waals surface area contributed by atoms with Gasteiger partial charge in [-0.3, -0.25) is 9.67 Å². The lowest BCUT2D eigenvalue weighted by Gasteiger charge is -2.15. The van der Waals surface area contributed by atoms with Gasteiger partial charge in [-0.2, -0.15) is 5.10 Å². The van der Waals surface area contributed by atoms with Gasteiger partial charge in [-0.25, -0.2) is 0 Å². The Morgan fingerprint density at radius 2 is 1.81 bits per heavy atom. The quantitative estimate of drug-likeness (QED) is 0.248. The molecule has 1 aromatic heterocycles. The van der Waals surface area contributed by atoms with Crippen molar-refractivity contribution in [2.45, 2.75) is 26.6 Å². The van der Waals surface area contributed by atoms with Crippen LogP contribution in [0.15, 0.2) is 65.9 Å². The number of aliphatic imine (C=N–C) groups is 1. The van der Waals surface area contributed by atoms with E-state index < -0.39 is 0 Å². The van der Waals surface area contributed by atoms with E-state index in [4.69, 9.17) is 9.47 Å². The predicted octanol–water partition coefficient (Wildman–Crippen LogP) is 3.82. The van der Waals surface area contributed by atoms with Crippen LogP contribution in [-0.4, -0.2) is 36.5 Å². The second-order valence-corrected chi connectivity index (χ2v) is 6.67. The minimum Gasteiger partial charge on any atom is -0.493 e. The molecule has 31 heavy (non-hydrogen) atoms. The molecule has 0 amide bonds. The third-order valence-electron chi connectivity index (χ3n) is 4.67. The van der Waals surface area contributed by atoms with Gasteiger partial charge in [0.1, 0.15) is 0 Å². The van der Waals surface area contributed by atoms with Gasteiger partial charge in [0.15, 0.2) is 17.5 Å². The van der Waals surface area contributed by atoms with Crippen molar-refractivity contribution < 1.29 is 9.47 Å². The lowest BCUT2D eigenvalue weighted by atomic mass is 10.1. The van der Waals surface area contributed by atoms with Crippen LogP contribution in [-0.2, 0) is 19.6 Å². The van der Waals surface area contributed by atoms with Gasteiger partial charge in [0, 0.05) is 32.5 Å². The van der Waals surface area contributed by atoms with Gasteiger partial charge < -0.3 is 20.1 Å². The highest BCUT2D eigenvalue weighted by molar-refractivity contribution is 14.0. The first-order valence-electron chi connectivity index (χ1n) is 10.0. The Balaban J connectivity index is 0.00000341. The van der Waals surface area contributed by atoms with Crippen LogP contribution in [0, 0.1) is 0 Å². The minimum absolute atomic E-state index is 0. The molecule has 3 rings (SSSR count). The molecule has 0 aliphatic heterocycles. The molecule has 0 atom stereocenters. The molecular weight excluding hydrogens is 505 g/mol. The van der Waals surface area contributed by atoms with E-state index in [0.717, 1.165) is 29.6 Å². The average molecular weight is 535 g/mol. The molecule has 1 heterocycles. The zero-order valence-corrected chi connectivity index (χ0v) is 20.5. The third kappa shape index (κ3) is 7.16. The number of ether oxygens (including phenoxy) is 2. The van der Waals surface area contributed by atoms with Crippen LogP contribution in [0.3, 0.4) is 0 Å². The van der Waals surface area contributed by atoms with Crippen molar-refractivity contribution in [3.05, 3.63) is 77.6 Å². The normalized spacial score (nSPS) is 10.9. The van der Waals surface area contributed by atoms with Gasteiger partial charge >= 0.3 is 0 Å². The Morgan fingerprint density at radius 1 is 1.03 bits per heavy atom. The molecule has 0 aliphatic carbocycles. The number of guanidine groups is 1. The molecule has 0 unspecified atom stereocenters. The molecule has 3 aromatic rings. The third-order valence-corrected chi connectivity index (χ3v) is 4.67. The summed E-state index contributed by atoms with van der Waals surface area (Å²) in [7, 11) is 3.41. The molecule has 0 fully saturated rings. The van der Waals surface area contributed by atoms with Gasteiger partial charge in [0.05, 0.1) is 20.3 Å². The fourth-order valence-electron chi connectivity index (χ4n) is 3.14. The monoisotopic (exact) mass is 535 g/mol. The maximum Gasteiger partial charge on any atom is 0.191 e. The van der Waals surface area contributed by atoms with E-state index in [1.807, 2.05) is 48.1 Å². The van der Waals surface area contributed by atoms with Crippen LogP contribution in [0.1, 0.15) is 23.6 Å². The molecule has 0 saturated heterocycles. The summed E-state index contributed by atoms with van der Waals surface area (Å²) in [5, 5.41) is 11.0. The number of aromatic nitrogens is 2. The van der Waals surface area contributed by atoms with Gasteiger partial charge in [0.25, 0.3) is 0 Å². The van der Waals surface area contributed by atoms with E-state index in [1.54, 1.807) is 20.4 Å². The van der Waals surface area contributed by atoms with Crippen LogP contribution >= 0.6 is 24.0 Å². The van der Waals surface area contributed by atoms with Crippen LogP contribution < -0.4 is 20.1 Å². The Labute approximate surface area is 200 Å². The lowest BCUT2D eigenvalue weighted by molar-refractivity contribution is 0.310. The second kappa shape index (κ2) is 12.8. The smallest absolute Gasteiger partial charge is 0.191 e. The summed E-state index contributed by atoms with van der Waals surface area (Å²) in [5.41, 5.74) is 3.51. The van der Waals surface area contributed by atoms with E-state index in [0.29, 0.717) is 19.7 Å². The topological polar surface area (TPSA) is 72.7 Å². The Kier molecular flexibility index (Phi) is 10.2. The summed E-state index contributed by atoms with van der Waals surface area (Å²) in [6.45, 7) is 4.58. The SMILES string of the molecule is CCOc1cc(CNC(=NC)NCc2ccccc2Cn2cccn2)ccc1OC.I. The van der Waals surface area contributed by atoms with Crippen molar-refractivity contribution in [1.29, 1.82) is 0 Å². The number of nitrogens with zero attached hydrogens (tertiary/aromatic N) is 3. The van der Waals surface area contributed by atoms with Crippen molar-refractivity contribution in [3.63, 3.8) is 0 Å². The van der Waals surface area contributed by atoms with Crippen molar-refractivity contribution >= 4 is 29.9 Å². The highest BCUT2D eigenvalue weighted by Gasteiger charge is 2.07. The molecule has 7 nitrogen and oxygen atoms in total. The number of methoxy groups -OCH3 is 1. The first kappa shape index (κ1) is 24.5. The summed E-state index contributed by atoms with van der Waals surface area (Å²) in [5.74, 6) is 2.21. The Morgan fingerprint density at radius 3 is 2.48 bits per heavy atom. The fourth-order valence-corrected chi connectivity index (χ4v) is 3.14. The largest absolute Gasteiger partial charge is 0.493 e. The predicted molar refractivity (Wildman–Crippen MR) is 134 cm³/mol. The zero-order valence-electron chi connectivity index (χ0n) is 18.2. The maximum absolute atomic E-state index is 5.66. The van der Waals surface area contributed by atoms with E-state index >= 15 is 0 Å². The van der Waals surface area contributed by atoms with E-state index in [-0.39, 0.29) is 24.0 Å². The minimum atomic E-state index is 0. The number of benzene rings is 2. The lowest BCUT2D eigenvalue weighted by Crippen LogP contribution is -2.36.